The molecule has 0 radical (unpaired) electrons. The van der Waals surface area contributed by atoms with Gasteiger partial charge in [0.05, 0.1) is 12.9 Å². The molecule has 1 unspecified atom stereocenters. The molecular formula is C8H19N2O2PS2. The highest BCUT2D eigenvalue weighted by Crippen LogP contribution is 2.61. The molecule has 0 saturated carbocycles. The summed E-state index contributed by atoms with van der Waals surface area (Å²) in [5.74, 6) is 0.989. The van der Waals surface area contributed by atoms with Crippen LogP contribution in [-0.2, 0) is 9.09 Å². The van der Waals surface area contributed by atoms with E-state index in [1.165, 1.54) is 16.8 Å². The summed E-state index contributed by atoms with van der Waals surface area (Å²) in [5, 5.41) is 2.71. The van der Waals surface area contributed by atoms with Crippen molar-refractivity contribution in [3.05, 3.63) is 0 Å². The van der Waals surface area contributed by atoms with Crippen LogP contribution in [0.1, 0.15) is 26.7 Å². The van der Waals surface area contributed by atoms with E-state index < -0.39 is 6.72 Å². The average Bonchev–Trinajstić information content (AvgIpc) is 2.22. The van der Waals surface area contributed by atoms with Crippen molar-refractivity contribution in [2.45, 2.75) is 26.7 Å². The number of unbranched alkanes of at least 4 members (excludes halogenated alkanes) is 1. The smallest absolute Gasteiger partial charge is 0.306 e. The standard InChI is InChI=1S/C8H19N2O2PS2/c1-4-6-7-14-15-13(11,12-5-2)10-8-9-3/h8H,4-7H2,1-3H3,(H,9,10,11). The lowest BCUT2D eigenvalue weighted by molar-refractivity contribution is 0.343. The van der Waals surface area contributed by atoms with Gasteiger partial charge in [-0.05, 0) is 13.3 Å². The number of hydrogen-bond acceptors (Lipinski definition) is 5. The second-order valence-electron chi connectivity index (χ2n) is 2.68. The van der Waals surface area contributed by atoms with Crippen molar-refractivity contribution >= 4 is 34.3 Å². The third kappa shape index (κ3) is 8.20. The summed E-state index contributed by atoms with van der Waals surface area (Å²) in [6.07, 6.45) is 3.70. The molecule has 90 valence electrons. The van der Waals surface area contributed by atoms with Gasteiger partial charge in [0.1, 0.15) is 0 Å². The Morgan fingerprint density at radius 3 is 2.80 bits per heavy atom. The van der Waals surface area contributed by atoms with Crippen molar-refractivity contribution in [1.82, 2.24) is 5.09 Å². The summed E-state index contributed by atoms with van der Waals surface area (Å²) in [6, 6.07) is 0. The van der Waals surface area contributed by atoms with E-state index in [4.69, 9.17) is 4.52 Å². The quantitative estimate of drug-likeness (QED) is 0.228. The molecule has 15 heavy (non-hydrogen) atoms. The van der Waals surface area contributed by atoms with Crippen molar-refractivity contribution in [3.8, 4) is 0 Å². The first-order valence-electron chi connectivity index (χ1n) is 4.92. The predicted octanol–water partition coefficient (Wildman–Crippen LogP) is 3.56. The molecule has 0 aliphatic carbocycles. The second kappa shape index (κ2) is 9.58. The fraction of sp³-hybridized carbons (Fsp3) is 0.875. The van der Waals surface area contributed by atoms with Crippen LogP contribution < -0.4 is 5.09 Å². The fourth-order valence-corrected chi connectivity index (χ4v) is 6.47. The lowest BCUT2D eigenvalue weighted by Crippen LogP contribution is -2.07. The first kappa shape index (κ1) is 15.4. The Morgan fingerprint density at radius 1 is 1.53 bits per heavy atom. The Hall–Kier alpha value is 0.360. The van der Waals surface area contributed by atoms with Crippen LogP contribution in [0, 0.1) is 0 Å². The molecule has 0 aromatic rings. The molecule has 1 atom stereocenters. The highest BCUT2D eigenvalue weighted by atomic mass is 33.3. The SMILES string of the molecule is CCCCSSP(=O)(NC=NC)OCC. The van der Waals surface area contributed by atoms with E-state index in [1.807, 2.05) is 6.92 Å². The lowest BCUT2D eigenvalue weighted by Gasteiger charge is -2.14. The second-order valence-corrected chi connectivity index (χ2v) is 8.92. The van der Waals surface area contributed by atoms with Gasteiger partial charge in [0.2, 0.25) is 0 Å². The molecule has 4 nitrogen and oxygen atoms in total. The van der Waals surface area contributed by atoms with E-state index in [1.54, 1.807) is 17.8 Å². The van der Waals surface area contributed by atoms with E-state index in [2.05, 4.69) is 17.0 Å². The summed E-state index contributed by atoms with van der Waals surface area (Å²) in [6.45, 7) is 1.60. The van der Waals surface area contributed by atoms with Crippen LogP contribution in [0.25, 0.3) is 0 Å². The third-order valence-electron chi connectivity index (χ3n) is 1.38. The number of hydrogen-bond donors (Lipinski definition) is 1. The maximum atomic E-state index is 12.1. The summed E-state index contributed by atoms with van der Waals surface area (Å²) >= 11 is 0. The Labute approximate surface area is 99.7 Å². The zero-order valence-electron chi connectivity index (χ0n) is 9.43. The molecule has 0 aliphatic rings. The molecule has 0 aliphatic heterocycles. The minimum absolute atomic E-state index is 0.434. The molecule has 0 aromatic carbocycles. The van der Waals surface area contributed by atoms with Gasteiger partial charge in [-0.3, -0.25) is 14.6 Å². The zero-order chi connectivity index (χ0) is 11.6. The lowest BCUT2D eigenvalue weighted by atomic mass is 10.4. The summed E-state index contributed by atoms with van der Waals surface area (Å²) in [5.41, 5.74) is 0. The fourth-order valence-electron chi connectivity index (χ4n) is 0.689. The first-order chi connectivity index (χ1) is 7.18. The molecule has 7 heteroatoms. The maximum Gasteiger partial charge on any atom is 0.362 e. The van der Waals surface area contributed by atoms with Crippen LogP contribution in [0.4, 0.5) is 0 Å². The summed E-state index contributed by atoms with van der Waals surface area (Å²) in [4.78, 5) is 3.74. The van der Waals surface area contributed by atoms with Gasteiger partial charge in [0, 0.05) is 23.2 Å². The van der Waals surface area contributed by atoms with Crippen LogP contribution in [-0.4, -0.2) is 25.7 Å². The van der Waals surface area contributed by atoms with Gasteiger partial charge in [-0.1, -0.05) is 24.1 Å². The van der Waals surface area contributed by atoms with Gasteiger partial charge in [0.25, 0.3) is 0 Å². The largest absolute Gasteiger partial charge is 0.362 e. The molecule has 1 N–H and O–H groups in total. The topological polar surface area (TPSA) is 50.7 Å². The molecule has 0 heterocycles. The van der Waals surface area contributed by atoms with Crippen LogP contribution >= 0.6 is 27.9 Å². The summed E-state index contributed by atoms with van der Waals surface area (Å²) < 4.78 is 17.3. The Balaban J connectivity index is 3.95. The number of aliphatic imine (C=N–C) groups is 1. The predicted molar refractivity (Wildman–Crippen MR) is 71.7 cm³/mol. The van der Waals surface area contributed by atoms with E-state index in [0.29, 0.717) is 6.61 Å². The van der Waals surface area contributed by atoms with Gasteiger partial charge < -0.3 is 4.52 Å². The van der Waals surface area contributed by atoms with Crippen molar-refractivity contribution in [3.63, 3.8) is 0 Å². The normalized spacial score (nSPS) is 15.4. The Bertz CT molecular complexity index is 227. The molecule has 0 saturated heterocycles. The Morgan fingerprint density at radius 2 is 2.27 bits per heavy atom. The van der Waals surface area contributed by atoms with Gasteiger partial charge in [-0.15, -0.1) is 0 Å². The molecule has 0 spiro atoms. The molecule has 0 fully saturated rings. The van der Waals surface area contributed by atoms with Crippen molar-refractivity contribution in [2.24, 2.45) is 4.99 Å². The highest BCUT2D eigenvalue weighted by molar-refractivity contribution is 8.99. The Kier molecular flexibility index (Phi) is 9.81. The number of rotatable bonds is 9. The summed E-state index contributed by atoms with van der Waals surface area (Å²) in [7, 11) is 4.48. The highest BCUT2D eigenvalue weighted by Gasteiger charge is 2.22. The van der Waals surface area contributed by atoms with Crippen LogP contribution in [0.5, 0.6) is 0 Å². The molecule has 0 rings (SSSR count). The van der Waals surface area contributed by atoms with Gasteiger partial charge in [-0.25, -0.2) is 0 Å². The van der Waals surface area contributed by atoms with E-state index in [9.17, 15) is 4.57 Å². The molecular weight excluding hydrogens is 251 g/mol. The third-order valence-corrected chi connectivity index (χ3v) is 7.92. The molecule has 0 amide bonds. The van der Waals surface area contributed by atoms with Crippen LogP contribution in [0.3, 0.4) is 0 Å². The van der Waals surface area contributed by atoms with Crippen LogP contribution in [0.2, 0.25) is 0 Å². The number of nitrogens with one attached hydrogen (secondary N) is 1. The van der Waals surface area contributed by atoms with E-state index in [-0.39, 0.29) is 0 Å². The zero-order valence-corrected chi connectivity index (χ0v) is 12.0. The first-order valence-corrected chi connectivity index (χ1v) is 9.47. The van der Waals surface area contributed by atoms with E-state index in [0.717, 1.165) is 18.6 Å². The van der Waals surface area contributed by atoms with Crippen LogP contribution in [0.15, 0.2) is 4.99 Å². The minimum Gasteiger partial charge on any atom is -0.306 e. The van der Waals surface area contributed by atoms with Crippen molar-refractivity contribution in [2.75, 3.05) is 19.4 Å². The van der Waals surface area contributed by atoms with Crippen molar-refractivity contribution < 1.29 is 9.09 Å². The van der Waals surface area contributed by atoms with E-state index >= 15 is 0 Å². The molecule has 0 aromatic heterocycles. The van der Waals surface area contributed by atoms with Crippen molar-refractivity contribution in [1.29, 1.82) is 0 Å². The maximum absolute atomic E-state index is 12.1. The average molecular weight is 270 g/mol. The van der Waals surface area contributed by atoms with Gasteiger partial charge in [-0.2, -0.15) is 0 Å². The monoisotopic (exact) mass is 270 g/mol. The molecule has 0 bridgehead atoms. The number of nitrogens with zero attached hydrogens (tertiary/aromatic N) is 1. The van der Waals surface area contributed by atoms with Gasteiger partial charge in [0.15, 0.2) is 0 Å². The minimum atomic E-state index is -2.80. The van der Waals surface area contributed by atoms with Gasteiger partial charge >= 0.3 is 6.72 Å².